The van der Waals surface area contributed by atoms with Gasteiger partial charge in [-0.15, -0.1) is 0 Å². The van der Waals surface area contributed by atoms with Gasteiger partial charge in [-0.1, -0.05) is 6.92 Å². The fourth-order valence-corrected chi connectivity index (χ4v) is 3.69. The Morgan fingerprint density at radius 2 is 1.95 bits per heavy atom. The van der Waals surface area contributed by atoms with E-state index in [1.54, 1.807) is 7.11 Å². The number of hydrogen-bond acceptors (Lipinski definition) is 3. The summed E-state index contributed by atoms with van der Waals surface area (Å²) < 4.78 is 5.04. The predicted octanol–water partition coefficient (Wildman–Crippen LogP) is 1.89. The first-order chi connectivity index (χ1) is 9.27. The molecule has 2 saturated heterocycles. The number of carbonyl (C=O) groups excluding carboxylic acids is 1. The lowest BCUT2D eigenvalue weighted by Gasteiger charge is -2.34. The van der Waals surface area contributed by atoms with Crippen molar-refractivity contribution in [2.24, 2.45) is 0 Å². The van der Waals surface area contributed by atoms with Crippen LogP contribution in [-0.2, 0) is 9.53 Å². The molecule has 4 heteroatoms. The minimum Gasteiger partial charge on any atom is -0.385 e. The van der Waals surface area contributed by atoms with Crippen LogP contribution in [0.3, 0.4) is 0 Å². The fraction of sp³-hybridized carbons (Fsp3) is 0.933. The molecule has 2 atom stereocenters. The maximum Gasteiger partial charge on any atom is 0.222 e. The van der Waals surface area contributed by atoms with Crippen molar-refractivity contribution in [1.82, 2.24) is 9.80 Å². The van der Waals surface area contributed by atoms with Crippen molar-refractivity contribution in [3.05, 3.63) is 0 Å². The zero-order valence-electron chi connectivity index (χ0n) is 12.4. The Hall–Kier alpha value is -0.610. The van der Waals surface area contributed by atoms with Crippen molar-refractivity contribution in [1.29, 1.82) is 0 Å². The monoisotopic (exact) mass is 268 g/mol. The second-order valence-corrected chi connectivity index (χ2v) is 5.73. The van der Waals surface area contributed by atoms with Gasteiger partial charge in [-0.05, 0) is 45.2 Å². The van der Waals surface area contributed by atoms with Crippen LogP contribution in [0.1, 0.15) is 45.4 Å². The van der Waals surface area contributed by atoms with Crippen molar-refractivity contribution in [2.45, 2.75) is 57.5 Å². The summed E-state index contributed by atoms with van der Waals surface area (Å²) in [4.78, 5) is 17.1. The third-order valence-corrected chi connectivity index (χ3v) is 4.62. The molecule has 19 heavy (non-hydrogen) atoms. The molecular formula is C15H28N2O2. The van der Waals surface area contributed by atoms with Crippen LogP contribution < -0.4 is 0 Å². The van der Waals surface area contributed by atoms with Crippen molar-refractivity contribution < 1.29 is 9.53 Å². The van der Waals surface area contributed by atoms with Gasteiger partial charge in [0.1, 0.15) is 0 Å². The average molecular weight is 268 g/mol. The van der Waals surface area contributed by atoms with Gasteiger partial charge in [-0.25, -0.2) is 0 Å². The molecular weight excluding hydrogens is 240 g/mol. The maximum atomic E-state index is 12.3. The first-order valence-corrected chi connectivity index (χ1v) is 7.80. The van der Waals surface area contributed by atoms with E-state index in [1.165, 1.54) is 32.2 Å². The maximum absolute atomic E-state index is 12.3. The Morgan fingerprint density at radius 3 is 2.68 bits per heavy atom. The summed E-state index contributed by atoms with van der Waals surface area (Å²) in [5.41, 5.74) is 0. The lowest BCUT2D eigenvalue weighted by molar-refractivity contribution is -0.133. The Morgan fingerprint density at radius 1 is 1.21 bits per heavy atom. The second kappa shape index (κ2) is 7.25. The fourth-order valence-electron chi connectivity index (χ4n) is 3.69. The lowest BCUT2D eigenvalue weighted by atomic mass is 10.0. The van der Waals surface area contributed by atoms with E-state index in [2.05, 4.69) is 16.7 Å². The summed E-state index contributed by atoms with van der Waals surface area (Å²) in [5, 5.41) is 0. The van der Waals surface area contributed by atoms with Gasteiger partial charge in [0.05, 0.1) is 0 Å². The Labute approximate surface area is 117 Å². The number of hydrogen-bond donors (Lipinski definition) is 0. The van der Waals surface area contributed by atoms with E-state index in [0.717, 1.165) is 19.5 Å². The second-order valence-electron chi connectivity index (χ2n) is 5.73. The number of carbonyl (C=O) groups is 1. The molecule has 0 aromatic rings. The Balaban J connectivity index is 1.90. The summed E-state index contributed by atoms with van der Waals surface area (Å²) in [6.45, 7) is 6.22. The molecule has 0 spiro atoms. The quantitative estimate of drug-likeness (QED) is 0.690. The number of amides is 1. The predicted molar refractivity (Wildman–Crippen MR) is 76.1 cm³/mol. The summed E-state index contributed by atoms with van der Waals surface area (Å²) in [6.07, 6.45) is 6.41. The highest BCUT2D eigenvalue weighted by Gasteiger charge is 2.38. The van der Waals surface area contributed by atoms with Crippen LogP contribution in [0.15, 0.2) is 0 Å². The van der Waals surface area contributed by atoms with Gasteiger partial charge in [0.25, 0.3) is 0 Å². The minimum absolute atomic E-state index is 0.336. The standard InChI is InChI=1S/C15H28N2O2/c1-3-16-10-4-7-13(16)14-8-5-11-17(14)15(18)9-6-12-19-2/h13-14H,3-12H2,1-2H3/t13-,14-/m0/s1. The molecule has 0 unspecified atom stereocenters. The topological polar surface area (TPSA) is 32.8 Å². The molecule has 0 saturated carbocycles. The van der Waals surface area contributed by atoms with Crippen LogP contribution in [0.4, 0.5) is 0 Å². The van der Waals surface area contributed by atoms with Gasteiger partial charge >= 0.3 is 0 Å². The molecule has 0 aromatic carbocycles. The van der Waals surface area contributed by atoms with E-state index in [-0.39, 0.29) is 0 Å². The van der Waals surface area contributed by atoms with Crippen LogP contribution in [0, 0.1) is 0 Å². The third-order valence-electron chi connectivity index (χ3n) is 4.62. The van der Waals surface area contributed by atoms with E-state index in [9.17, 15) is 4.79 Å². The molecule has 0 aliphatic carbocycles. The Kier molecular flexibility index (Phi) is 5.64. The van der Waals surface area contributed by atoms with Gasteiger partial charge in [0, 0.05) is 38.8 Å². The molecule has 0 N–H and O–H groups in total. The molecule has 4 nitrogen and oxygen atoms in total. The molecule has 2 rings (SSSR count). The van der Waals surface area contributed by atoms with Crippen LogP contribution in [0.2, 0.25) is 0 Å². The SMILES string of the molecule is CCN1CCC[C@H]1[C@@H]1CCCN1C(=O)CCCOC. The number of ether oxygens (including phenoxy) is 1. The largest absolute Gasteiger partial charge is 0.385 e. The number of nitrogens with zero attached hydrogens (tertiary/aromatic N) is 2. The van der Waals surface area contributed by atoms with Crippen molar-refractivity contribution >= 4 is 5.91 Å². The number of likely N-dealkylation sites (tertiary alicyclic amines) is 2. The molecule has 2 aliphatic heterocycles. The number of rotatable bonds is 6. The molecule has 0 aromatic heterocycles. The zero-order valence-corrected chi connectivity index (χ0v) is 12.4. The van der Waals surface area contributed by atoms with E-state index >= 15 is 0 Å². The van der Waals surface area contributed by atoms with Gasteiger partial charge in [-0.2, -0.15) is 0 Å². The normalized spacial score (nSPS) is 28.2. The highest BCUT2D eigenvalue weighted by atomic mass is 16.5. The first kappa shape index (κ1) is 14.8. The van der Waals surface area contributed by atoms with E-state index in [0.29, 0.717) is 31.0 Å². The minimum atomic E-state index is 0.336. The highest BCUT2D eigenvalue weighted by molar-refractivity contribution is 5.76. The molecule has 0 bridgehead atoms. The van der Waals surface area contributed by atoms with Crippen LogP contribution >= 0.6 is 0 Å². The van der Waals surface area contributed by atoms with Crippen molar-refractivity contribution in [3.8, 4) is 0 Å². The smallest absolute Gasteiger partial charge is 0.222 e. The summed E-state index contributed by atoms with van der Waals surface area (Å²) in [5.74, 6) is 0.336. The molecule has 110 valence electrons. The molecule has 2 heterocycles. The van der Waals surface area contributed by atoms with Crippen molar-refractivity contribution in [3.63, 3.8) is 0 Å². The third kappa shape index (κ3) is 3.48. The highest BCUT2D eigenvalue weighted by Crippen LogP contribution is 2.30. The van der Waals surface area contributed by atoms with Gasteiger partial charge in [0.15, 0.2) is 0 Å². The summed E-state index contributed by atoms with van der Waals surface area (Å²) in [6, 6.07) is 1.08. The lowest BCUT2D eigenvalue weighted by Crippen LogP contribution is -2.48. The van der Waals surface area contributed by atoms with Gasteiger partial charge in [0.2, 0.25) is 5.91 Å². The summed E-state index contributed by atoms with van der Waals surface area (Å²) in [7, 11) is 1.70. The molecule has 0 radical (unpaired) electrons. The first-order valence-electron chi connectivity index (χ1n) is 7.80. The zero-order chi connectivity index (χ0) is 13.7. The Bertz CT molecular complexity index is 296. The van der Waals surface area contributed by atoms with Crippen LogP contribution in [0.25, 0.3) is 0 Å². The van der Waals surface area contributed by atoms with Crippen LogP contribution in [-0.4, -0.2) is 61.1 Å². The van der Waals surface area contributed by atoms with E-state index in [4.69, 9.17) is 4.74 Å². The van der Waals surface area contributed by atoms with Crippen LogP contribution in [0.5, 0.6) is 0 Å². The molecule has 1 amide bonds. The number of methoxy groups -OCH3 is 1. The number of likely N-dealkylation sites (N-methyl/N-ethyl adjacent to an activating group) is 1. The molecule has 2 fully saturated rings. The van der Waals surface area contributed by atoms with Gasteiger partial charge < -0.3 is 9.64 Å². The summed E-state index contributed by atoms with van der Waals surface area (Å²) >= 11 is 0. The molecule has 2 aliphatic rings. The van der Waals surface area contributed by atoms with Crippen molar-refractivity contribution in [2.75, 3.05) is 33.4 Å². The van der Waals surface area contributed by atoms with E-state index in [1.807, 2.05) is 0 Å². The van der Waals surface area contributed by atoms with Gasteiger partial charge in [-0.3, -0.25) is 9.69 Å². The average Bonchev–Trinajstić information content (AvgIpc) is 3.06. The van der Waals surface area contributed by atoms with E-state index < -0.39 is 0 Å².